The first-order chi connectivity index (χ1) is 13.2. The Balaban J connectivity index is 1.45. The molecule has 2 heterocycles. The van der Waals surface area contributed by atoms with E-state index in [1.165, 1.54) is 42.5 Å². The van der Waals surface area contributed by atoms with Gasteiger partial charge in [0.15, 0.2) is 0 Å². The van der Waals surface area contributed by atoms with Gasteiger partial charge in [-0.15, -0.1) is 0 Å². The van der Waals surface area contributed by atoms with Crippen LogP contribution in [0.5, 0.6) is 0 Å². The Morgan fingerprint density at radius 3 is 2.78 bits per heavy atom. The molecule has 1 N–H and O–H groups in total. The number of aliphatic carboxylic acids is 1. The largest absolute Gasteiger partial charge is 0.481 e. The number of unbranched alkanes of at least 4 members (excludes halogenated alkanes) is 2. The second-order valence-corrected chi connectivity index (χ2v) is 7.17. The van der Waals surface area contributed by atoms with Crippen molar-refractivity contribution in [3.8, 4) is 0 Å². The topological polar surface area (TPSA) is 76.0 Å². The fourth-order valence-electron chi connectivity index (χ4n) is 3.58. The summed E-state index contributed by atoms with van der Waals surface area (Å²) in [5.74, 6) is -0.988. The Morgan fingerprint density at radius 2 is 1.96 bits per heavy atom. The molecule has 0 unspecified atom stereocenters. The first-order valence-electron chi connectivity index (χ1n) is 9.83. The second kappa shape index (κ2) is 9.95. The molecular weight excluding hydrogens is 338 g/mol. The fraction of sp³-hybridized carbons (Fsp3) is 0.455. The normalized spacial score (nSPS) is 14.8. The molecule has 0 fully saturated rings. The lowest BCUT2D eigenvalue weighted by molar-refractivity contribution is -0.137. The van der Waals surface area contributed by atoms with Crippen LogP contribution in [0.3, 0.4) is 0 Å². The molecule has 2 aromatic rings. The number of fused-ring (bicyclic) bond motifs is 1. The number of nitrogens with zero attached hydrogens (tertiary/aromatic N) is 3. The van der Waals surface area contributed by atoms with Crippen molar-refractivity contribution in [3.63, 3.8) is 0 Å². The number of aromatic nitrogens is 3. The summed E-state index contributed by atoms with van der Waals surface area (Å²) in [4.78, 5) is 23.9. The number of carbonyl (C=O) groups is 1. The summed E-state index contributed by atoms with van der Waals surface area (Å²) >= 11 is 0. The number of rotatable bonds is 9. The Hall–Kier alpha value is -2.56. The van der Waals surface area contributed by atoms with E-state index in [1.807, 2.05) is 6.08 Å². The summed E-state index contributed by atoms with van der Waals surface area (Å²) < 4.78 is 0. The van der Waals surface area contributed by atoms with E-state index in [9.17, 15) is 4.79 Å². The van der Waals surface area contributed by atoms with Gasteiger partial charge in [-0.3, -0.25) is 9.78 Å². The van der Waals surface area contributed by atoms with Gasteiger partial charge in [-0.05, 0) is 68.6 Å². The van der Waals surface area contributed by atoms with Crippen LogP contribution in [-0.4, -0.2) is 26.0 Å². The van der Waals surface area contributed by atoms with Crippen molar-refractivity contribution in [3.05, 3.63) is 65.5 Å². The van der Waals surface area contributed by atoms with Gasteiger partial charge in [0.1, 0.15) is 6.33 Å². The highest BCUT2D eigenvalue weighted by Crippen LogP contribution is 2.21. The van der Waals surface area contributed by atoms with Crippen LogP contribution < -0.4 is 0 Å². The van der Waals surface area contributed by atoms with Gasteiger partial charge in [-0.2, -0.15) is 0 Å². The van der Waals surface area contributed by atoms with Crippen LogP contribution in [0, 0.1) is 0 Å². The summed E-state index contributed by atoms with van der Waals surface area (Å²) in [6.45, 7) is 0. The van der Waals surface area contributed by atoms with E-state index in [0.29, 0.717) is 0 Å². The lowest BCUT2D eigenvalue weighted by atomic mass is 9.95. The average Bonchev–Trinajstić information content (AvgIpc) is 2.70. The van der Waals surface area contributed by atoms with Crippen LogP contribution in [0.1, 0.15) is 67.0 Å². The molecule has 1 atom stereocenters. The molecule has 0 amide bonds. The minimum absolute atomic E-state index is 0.0585. The van der Waals surface area contributed by atoms with Crippen molar-refractivity contribution in [1.29, 1.82) is 0 Å². The lowest BCUT2D eigenvalue weighted by Gasteiger charge is -2.15. The van der Waals surface area contributed by atoms with E-state index in [4.69, 9.17) is 10.1 Å². The van der Waals surface area contributed by atoms with Gasteiger partial charge in [0, 0.05) is 29.7 Å². The molecule has 1 aliphatic carbocycles. The van der Waals surface area contributed by atoms with Gasteiger partial charge < -0.3 is 5.11 Å². The van der Waals surface area contributed by atoms with E-state index >= 15 is 0 Å². The van der Waals surface area contributed by atoms with Gasteiger partial charge in [-0.1, -0.05) is 18.2 Å². The smallest absolute Gasteiger partial charge is 0.304 e. The summed E-state index contributed by atoms with van der Waals surface area (Å²) in [6.07, 6.45) is 17.9. The molecule has 2 aromatic heterocycles. The Labute approximate surface area is 160 Å². The molecule has 27 heavy (non-hydrogen) atoms. The highest BCUT2D eigenvalue weighted by molar-refractivity contribution is 5.68. The van der Waals surface area contributed by atoms with Gasteiger partial charge in [0.25, 0.3) is 0 Å². The van der Waals surface area contributed by atoms with Crippen LogP contribution in [0.2, 0.25) is 0 Å². The first-order valence-corrected chi connectivity index (χ1v) is 9.83. The van der Waals surface area contributed by atoms with Gasteiger partial charge in [0.05, 0.1) is 6.42 Å². The number of allylic oxidation sites excluding steroid dienone is 2. The van der Waals surface area contributed by atoms with Crippen molar-refractivity contribution < 1.29 is 9.90 Å². The number of carboxylic acid groups (broad SMARTS) is 1. The zero-order valence-electron chi connectivity index (χ0n) is 15.7. The number of hydrogen-bond acceptors (Lipinski definition) is 4. The summed E-state index contributed by atoms with van der Waals surface area (Å²) in [7, 11) is 0. The molecular formula is C22H27N3O2. The van der Waals surface area contributed by atoms with Crippen LogP contribution in [0.25, 0.3) is 0 Å². The molecule has 5 heteroatoms. The van der Waals surface area contributed by atoms with Crippen molar-refractivity contribution in [2.24, 2.45) is 0 Å². The fourth-order valence-corrected chi connectivity index (χ4v) is 3.58. The summed E-state index contributed by atoms with van der Waals surface area (Å²) in [5.41, 5.74) is 4.78. The molecule has 0 spiro atoms. The molecule has 1 aliphatic rings. The Morgan fingerprint density at radius 1 is 1.15 bits per heavy atom. The minimum Gasteiger partial charge on any atom is -0.481 e. The maximum Gasteiger partial charge on any atom is 0.304 e. The van der Waals surface area contributed by atoms with Crippen molar-refractivity contribution in [1.82, 2.24) is 15.0 Å². The Kier molecular flexibility index (Phi) is 7.08. The lowest BCUT2D eigenvalue weighted by Crippen LogP contribution is -2.06. The van der Waals surface area contributed by atoms with E-state index in [1.54, 1.807) is 12.4 Å². The predicted molar refractivity (Wildman–Crippen MR) is 105 cm³/mol. The third-order valence-corrected chi connectivity index (χ3v) is 5.06. The molecule has 0 saturated heterocycles. The van der Waals surface area contributed by atoms with Crippen LogP contribution in [-0.2, 0) is 24.1 Å². The first kappa shape index (κ1) is 19.2. The quantitative estimate of drug-likeness (QED) is 0.530. The molecule has 0 aliphatic heterocycles. The van der Waals surface area contributed by atoms with Crippen molar-refractivity contribution in [2.75, 3.05) is 0 Å². The highest BCUT2D eigenvalue weighted by Gasteiger charge is 2.13. The number of aryl methyl sites for hydroxylation is 3. The molecule has 0 radical (unpaired) electrons. The third-order valence-electron chi connectivity index (χ3n) is 5.06. The van der Waals surface area contributed by atoms with Gasteiger partial charge in [-0.25, -0.2) is 9.97 Å². The molecule has 3 rings (SSSR count). The maximum atomic E-state index is 11.1. The van der Waals surface area contributed by atoms with E-state index < -0.39 is 5.97 Å². The molecule has 5 nitrogen and oxygen atoms in total. The predicted octanol–water partition coefficient (Wildman–Crippen LogP) is 4.28. The molecule has 142 valence electrons. The zero-order valence-corrected chi connectivity index (χ0v) is 15.7. The highest BCUT2D eigenvalue weighted by atomic mass is 16.4. The van der Waals surface area contributed by atoms with Crippen molar-refractivity contribution in [2.45, 2.75) is 63.7 Å². The van der Waals surface area contributed by atoms with E-state index in [-0.39, 0.29) is 12.3 Å². The summed E-state index contributed by atoms with van der Waals surface area (Å²) in [5, 5.41) is 9.11. The average molecular weight is 365 g/mol. The van der Waals surface area contributed by atoms with Gasteiger partial charge >= 0.3 is 5.97 Å². The van der Waals surface area contributed by atoms with Crippen LogP contribution in [0.4, 0.5) is 0 Å². The van der Waals surface area contributed by atoms with Crippen LogP contribution in [0.15, 0.2) is 43.0 Å². The molecule has 0 saturated carbocycles. The molecule has 0 aromatic carbocycles. The minimum atomic E-state index is -0.813. The third kappa shape index (κ3) is 5.98. The van der Waals surface area contributed by atoms with E-state index in [0.717, 1.165) is 37.7 Å². The summed E-state index contributed by atoms with van der Waals surface area (Å²) in [6, 6.07) is 4.44. The zero-order chi connectivity index (χ0) is 18.9. The number of pyridine rings is 1. The second-order valence-electron chi connectivity index (χ2n) is 7.17. The maximum absolute atomic E-state index is 11.1. The Bertz CT molecular complexity index is 774. The van der Waals surface area contributed by atoms with E-state index in [2.05, 4.69) is 28.2 Å². The van der Waals surface area contributed by atoms with Crippen LogP contribution >= 0.6 is 0 Å². The molecule has 0 bridgehead atoms. The SMILES string of the molecule is O=C(O)C[C@H](/C=C/CCCCc1ccc2c(n1)CCCC2)c1cncnc1. The number of carboxylic acids is 1. The van der Waals surface area contributed by atoms with Crippen molar-refractivity contribution >= 4 is 5.97 Å². The monoisotopic (exact) mass is 365 g/mol. The number of hydrogen-bond donors (Lipinski definition) is 1. The standard InChI is InChI=1S/C22H27N3O2/c26-22(27)13-18(19-14-23-16-24-15-19)8-3-1-2-4-9-20-12-11-17-7-5-6-10-21(17)25-20/h3,8,11-12,14-16,18H,1-2,4-7,9-10,13H2,(H,26,27)/b8-3+/t18-/m0/s1. The van der Waals surface area contributed by atoms with Gasteiger partial charge in [0.2, 0.25) is 0 Å².